The number of rotatable bonds is 6. The van der Waals surface area contributed by atoms with Crippen LogP contribution in [0.1, 0.15) is 0 Å². The van der Waals surface area contributed by atoms with Gasteiger partial charge in [0.05, 0.1) is 4.92 Å². The quantitative estimate of drug-likeness (QED) is 0.426. The molecule has 0 unspecified atom stereocenters. The van der Waals surface area contributed by atoms with Crippen LogP contribution in [0.4, 0.5) is 33.3 Å². The zero-order valence-corrected chi connectivity index (χ0v) is 11.4. The van der Waals surface area contributed by atoms with E-state index in [9.17, 15) is 14.5 Å². The van der Waals surface area contributed by atoms with E-state index in [0.717, 1.165) is 0 Å². The lowest BCUT2D eigenvalue weighted by Crippen LogP contribution is -2.10. The molecule has 22 heavy (non-hydrogen) atoms. The van der Waals surface area contributed by atoms with Crippen LogP contribution in [-0.4, -0.2) is 21.4 Å². The third-order valence-corrected chi connectivity index (χ3v) is 2.59. The highest BCUT2D eigenvalue weighted by atomic mass is 19.1. The maximum atomic E-state index is 13.2. The van der Waals surface area contributed by atoms with Gasteiger partial charge in [-0.25, -0.2) is 4.39 Å². The minimum atomic E-state index is -0.700. The van der Waals surface area contributed by atoms with Gasteiger partial charge in [0.15, 0.2) is 0 Å². The van der Waals surface area contributed by atoms with Gasteiger partial charge in [0.2, 0.25) is 17.6 Å². The number of nitrogens with one attached hydrogen (secondary N) is 2. The fourth-order valence-electron chi connectivity index (χ4n) is 1.68. The molecule has 8 nitrogen and oxygen atoms in total. The van der Waals surface area contributed by atoms with Gasteiger partial charge in [-0.1, -0.05) is 12.1 Å². The van der Waals surface area contributed by atoms with E-state index in [2.05, 4.69) is 27.2 Å². The average molecular weight is 304 g/mol. The fourth-order valence-corrected chi connectivity index (χ4v) is 1.68. The molecule has 0 atom stereocenters. The summed E-state index contributed by atoms with van der Waals surface area (Å²) in [6.07, 6.45) is 1.57. The number of halogens is 1. The second-order valence-corrected chi connectivity index (χ2v) is 4.19. The van der Waals surface area contributed by atoms with Gasteiger partial charge in [-0.15, -0.1) is 6.58 Å². The highest BCUT2D eigenvalue weighted by molar-refractivity contribution is 5.74. The first-order chi connectivity index (χ1) is 10.5. The Labute approximate surface area is 125 Å². The van der Waals surface area contributed by atoms with Crippen molar-refractivity contribution in [1.29, 1.82) is 0 Å². The van der Waals surface area contributed by atoms with Gasteiger partial charge in [-0.3, -0.25) is 10.1 Å². The Morgan fingerprint density at radius 3 is 2.86 bits per heavy atom. The lowest BCUT2D eigenvalue weighted by molar-refractivity contribution is -0.383. The number of nitro groups is 1. The van der Waals surface area contributed by atoms with Crippen molar-refractivity contribution in [2.45, 2.75) is 0 Å². The van der Waals surface area contributed by atoms with Crippen molar-refractivity contribution in [2.24, 2.45) is 0 Å². The molecule has 0 aliphatic rings. The van der Waals surface area contributed by atoms with Crippen LogP contribution in [0.25, 0.3) is 0 Å². The monoisotopic (exact) mass is 304 g/mol. The zero-order valence-electron chi connectivity index (χ0n) is 11.4. The van der Waals surface area contributed by atoms with Gasteiger partial charge in [0, 0.05) is 12.2 Å². The maximum Gasteiger partial charge on any atom is 0.353 e. The first-order valence-electron chi connectivity index (χ1n) is 6.20. The Balaban J connectivity index is 2.43. The predicted octanol–water partition coefficient (Wildman–Crippen LogP) is 2.45. The third-order valence-electron chi connectivity index (χ3n) is 2.59. The van der Waals surface area contributed by atoms with Gasteiger partial charge in [0.25, 0.3) is 0 Å². The molecule has 2 aromatic rings. The van der Waals surface area contributed by atoms with Crippen LogP contribution in [0.15, 0.2) is 36.9 Å². The van der Waals surface area contributed by atoms with Crippen molar-refractivity contribution in [2.75, 3.05) is 22.9 Å². The minimum absolute atomic E-state index is 0.0990. The van der Waals surface area contributed by atoms with Crippen LogP contribution < -0.4 is 16.4 Å². The van der Waals surface area contributed by atoms with Gasteiger partial charge < -0.3 is 16.4 Å². The number of anilines is 4. The molecule has 0 saturated carbocycles. The average Bonchev–Trinajstić information content (AvgIpc) is 2.44. The van der Waals surface area contributed by atoms with Gasteiger partial charge in [-0.2, -0.15) is 9.97 Å². The van der Waals surface area contributed by atoms with Crippen molar-refractivity contribution in [3.63, 3.8) is 0 Å². The summed E-state index contributed by atoms with van der Waals surface area (Å²) in [5.74, 6) is -0.818. The van der Waals surface area contributed by atoms with E-state index in [-0.39, 0.29) is 17.6 Å². The highest BCUT2D eigenvalue weighted by Crippen LogP contribution is 2.31. The lowest BCUT2D eigenvalue weighted by Gasteiger charge is -2.10. The Kier molecular flexibility index (Phi) is 4.47. The molecule has 0 fully saturated rings. The second-order valence-electron chi connectivity index (χ2n) is 4.19. The topological polar surface area (TPSA) is 119 Å². The van der Waals surface area contributed by atoms with Crippen molar-refractivity contribution in [3.05, 3.63) is 52.9 Å². The molecule has 0 spiro atoms. The molecule has 0 bridgehead atoms. The first kappa shape index (κ1) is 15.2. The van der Waals surface area contributed by atoms with Crippen LogP contribution in [0.3, 0.4) is 0 Å². The Morgan fingerprint density at radius 1 is 1.45 bits per heavy atom. The van der Waals surface area contributed by atoms with Gasteiger partial charge in [0.1, 0.15) is 5.82 Å². The van der Waals surface area contributed by atoms with Crippen molar-refractivity contribution in [3.8, 4) is 0 Å². The van der Waals surface area contributed by atoms with E-state index in [4.69, 9.17) is 5.73 Å². The number of nitrogens with two attached hydrogens (primary N) is 1. The molecule has 1 heterocycles. The molecular weight excluding hydrogens is 291 g/mol. The fraction of sp³-hybridized carbons (Fsp3) is 0.0769. The molecule has 0 aliphatic heterocycles. The summed E-state index contributed by atoms with van der Waals surface area (Å²) >= 11 is 0. The van der Waals surface area contributed by atoms with E-state index < -0.39 is 16.4 Å². The summed E-state index contributed by atoms with van der Waals surface area (Å²) in [5.41, 5.74) is 5.43. The van der Waals surface area contributed by atoms with E-state index in [1.807, 2.05) is 0 Å². The number of benzene rings is 1. The molecule has 2 rings (SSSR count). The molecule has 1 aromatic carbocycles. The van der Waals surface area contributed by atoms with Crippen LogP contribution in [-0.2, 0) is 0 Å². The molecule has 4 N–H and O–H groups in total. The smallest absolute Gasteiger partial charge is 0.353 e. The molecule has 0 amide bonds. The van der Waals surface area contributed by atoms with E-state index in [1.165, 1.54) is 18.2 Å². The predicted molar refractivity (Wildman–Crippen MR) is 81.5 cm³/mol. The molecule has 0 saturated heterocycles. The summed E-state index contributed by atoms with van der Waals surface area (Å²) in [5, 5.41) is 16.6. The van der Waals surface area contributed by atoms with E-state index in [1.54, 1.807) is 12.1 Å². The standard InChI is InChI=1S/C13H13FN6O2/c1-2-6-16-13-18-11(15)10(20(21)22)12(19-13)17-9-5-3-4-8(14)7-9/h2-5,7H,1,6H2,(H4,15,16,17,18,19). The highest BCUT2D eigenvalue weighted by Gasteiger charge is 2.23. The minimum Gasteiger partial charge on any atom is -0.378 e. The second kappa shape index (κ2) is 6.48. The largest absolute Gasteiger partial charge is 0.378 e. The molecule has 0 aliphatic carbocycles. The van der Waals surface area contributed by atoms with E-state index >= 15 is 0 Å². The van der Waals surface area contributed by atoms with Crippen molar-refractivity contribution >= 4 is 29.0 Å². The van der Waals surface area contributed by atoms with Crippen LogP contribution in [0, 0.1) is 15.9 Å². The molecule has 0 radical (unpaired) electrons. The van der Waals surface area contributed by atoms with E-state index in [0.29, 0.717) is 12.2 Å². The summed E-state index contributed by atoms with van der Waals surface area (Å²) < 4.78 is 13.2. The third kappa shape index (κ3) is 3.45. The maximum absolute atomic E-state index is 13.2. The molecular formula is C13H13FN6O2. The van der Waals surface area contributed by atoms with Gasteiger partial charge >= 0.3 is 5.69 Å². The number of nitrogens with zero attached hydrogens (tertiary/aromatic N) is 3. The number of nitrogen functional groups attached to an aromatic ring is 1. The number of hydrogen-bond acceptors (Lipinski definition) is 7. The number of aromatic nitrogens is 2. The summed E-state index contributed by atoms with van der Waals surface area (Å²) in [6, 6.07) is 5.44. The SMILES string of the molecule is C=CCNc1nc(N)c([N+](=O)[O-])c(Nc2cccc(F)c2)n1. The first-order valence-corrected chi connectivity index (χ1v) is 6.20. The Morgan fingerprint density at radius 2 is 2.23 bits per heavy atom. The van der Waals surface area contributed by atoms with Crippen LogP contribution >= 0.6 is 0 Å². The lowest BCUT2D eigenvalue weighted by atomic mass is 10.3. The Bertz CT molecular complexity index is 722. The van der Waals surface area contributed by atoms with Gasteiger partial charge in [-0.05, 0) is 18.2 Å². The Hall–Kier alpha value is -3.23. The summed E-state index contributed by atoms with van der Waals surface area (Å²) in [6.45, 7) is 3.89. The van der Waals surface area contributed by atoms with Crippen molar-refractivity contribution < 1.29 is 9.31 Å². The molecule has 114 valence electrons. The summed E-state index contributed by atoms with van der Waals surface area (Å²) in [7, 11) is 0. The normalized spacial score (nSPS) is 10.0. The number of hydrogen-bond donors (Lipinski definition) is 3. The zero-order chi connectivity index (χ0) is 16.1. The molecule has 1 aromatic heterocycles. The van der Waals surface area contributed by atoms with Crippen LogP contribution in [0.5, 0.6) is 0 Å². The van der Waals surface area contributed by atoms with Crippen molar-refractivity contribution in [1.82, 2.24) is 9.97 Å². The molecule has 9 heteroatoms. The van der Waals surface area contributed by atoms with Crippen LogP contribution in [0.2, 0.25) is 0 Å². The summed E-state index contributed by atoms with van der Waals surface area (Å²) in [4.78, 5) is 18.2.